The van der Waals surface area contributed by atoms with Crippen molar-refractivity contribution in [2.75, 3.05) is 26.3 Å². The van der Waals surface area contributed by atoms with E-state index in [1.807, 2.05) is 0 Å². The second kappa shape index (κ2) is 5.80. The Morgan fingerprint density at radius 2 is 2.12 bits per heavy atom. The molecular weight excluding hydrogens is 222 g/mol. The number of carboxylic acids is 1. The maximum absolute atomic E-state index is 10.4. The van der Waals surface area contributed by atoms with E-state index in [0.29, 0.717) is 12.1 Å². The van der Waals surface area contributed by atoms with E-state index < -0.39 is 5.97 Å². The summed E-state index contributed by atoms with van der Waals surface area (Å²) in [6.07, 6.45) is 3.40. The van der Waals surface area contributed by atoms with Crippen molar-refractivity contribution >= 4 is 5.97 Å². The number of likely N-dealkylation sites (tertiary alicyclic amines) is 1. The van der Waals surface area contributed by atoms with Crippen LogP contribution in [0.1, 0.15) is 26.2 Å². The third-order valence-electron chi connectivity index (χ3n) is 3.72. The molecule has 0 saturated carbocycles. The topological polar surface area (TPSA) is 59.0 Å². The Balaban J connectivity index is 1.72. The van der Waals surface area contributed by atoms with Crippen molar-refractivity contribution in [3.05, 3.63) is 0 Å². The van der Waals surface area contributed by atoms with Gasteiger partial charge in [-0.05, 0) is 26.2 Å². The van der Waals surface area contributed by atoms with Crippen LogP contribution in [0.15, 0.2) is 0 Å². The van der Waals surface area contributed by atoms with Gasteiger partial charge in [-0.2, -0.15) is 0 Å². The van der Waals surface area contributed by atoms with Crippen LogP contribution in [-0.2, 0) is 14.3 Å². The third kappa shape index (κ3) is 3.40. The molecule has 2 atom stereocenters. The van der Waals surface area contributed by atoms with Crippen LogP contribution in [0, 0.1) is 0 Å². The molecule has 2 saturated heterocycles. The molecule has 0 aromatic rings. The van der Waals surface area contributed by atoms with Crippen molar-refractivity contribution in [3.8, 4) is 0 Å². The smallest absolute Gasteiger partial charge is 0.329 e. The minimum atomic E-state index is -0.884. The standard InChI is InChI=1S/C12H21NO4/c1-9-11(4-7-16-9)13-5-2-10(3-6-13)17-8-12(14)15/h9-11H,2-8H2,1H3,(H,14,15). The zero-order chi connectivity index (χ0) is 12.3. The van der Waals surface area contributed by atoms with Crippen LogP contribution in [0.5, 0.6) is 0 Å². The Morgan fingerprint density at radius 3 is 2.65 bits per heavy atom. The molecule has 98 valence electrons. The molecule has 0 spiro atoms. The molecule has 1 N–H and O–H groups in total. The zero-order valence-electron chi connectivity index (χ0n) is 10.3. The summed E-state index contributed by atoms with van der Waals surface area (Å²) in [5.74, 6) is -0.884. The predicted octanol–water partition coefficient (Wildman–Crippen LogP) is 0.729. The molecule has 5 nitrogen and oxygen atoms in total. The Labute approximate surface area is 102 Å². The van der Waals surface area contributed by atoms with Crippen molar-refractivity contribution in [1.82, 2.24) is 4.90 Å². The average molecular weight is 243 g/mol. The maximum Gasteiger partial charge on any atom is 0.329 e. The van der Waals surface area contributed by atoms with Crippen molar-refractivity contribution in [2.45, 2.75) is 44.4 Å². The van der Waals surface area contributed by atoms with Crippen LogP contribution in [0.4, 0.5) is 0 Å². The minimum absolute atomic E-state index is 0.111. The highest BCUT2D eigenvalue weighted by Gasteiger charge is 2.32. The second-order valence-electron chi connectivity index (χ2n) is 4.87. The number of aliphatic carboxylic acids is 1. The number of nitrogens with zero attached hydrogens (tertiary/aromatic N) is 1. The average Bonchev–Trinajstić information content (AvgIpc) is 2.73. The van der Waals surface area contributed by atoms with Gasteiger partial charge in [-0.25, -0.2) is 4.79 Å². The van der Waals surface area contributed by atoms with Gasteiger partial charge in [0.1, 0.15) is 6.61 Å². The summed E-state index contributed by atoms with van der Waals surface area (Å²) in [4.78, 5) is 12.9. The van der Waals surface area contributed by atoms with Gasteiger partial charge in [0.2, 0.25) is 0 Å². The van der Waals surface area contributed by atoms with E-state index in [4.69, 9.17) is 14.6 Å². The summed E-state index contributed by atoms with van der Waals surface area (Å²) in [6.45, 7) is 4.80. The van der Waals surface area contributed by atoms with Crippen LogP contribution < -0.4 is 0 Å². The molecule has 0 aromatic carbocycles. The molecule has 2 rings (SSSR count). The summed E-state index contributed by atoms with van der Waals surface area (Å²) in [7, 11) is 0. The SMILES string of the molecule is CC1OCCC1N1CCC(OCC(=O)O)CC1. The van der Waals surface area contributed by atoms with Gasteiger partial charge in [-0.1, -0.05) is 0 Å². The number of carbonyl (C=O) groups is 1. The Morgan fingerprint density at radius 1 is 1.41 bits per heavy atom. The minimum Gasteiger partial charge on any atom is -0.480 e. The van der Waals surface area contributed by atoms with Gasteiger partial charge in [-0.3, -0.25) is 4.90 Å². The summed E-state index contributed by atoms with van der Waals surface area (Å²) < 4.78 is 10.9. The highest BCUT2D eigenvalue weighted by Crippen LogP contribution is 2.24. The highest BCUT2D eigenvalue weighted by molar-refractivity contribution is 5.68. The van der Waals surface area contributed by atoms with Crippen molar-refractivity contribution in [1.29, 1.82) is 0 Å². The molecule has 2 aliphatic heterocycles. The molecule has 2 heterocycles. The van der Waals surface area contributed by atoms with Gasteiger partial charge >= 0.3 is 5.97 Å². The molecule has 5 heteroatoms. The van der Waals surface area contributed by atoms with E-state index in [9.17, 15) is 4.79 Å². The number of piperidine rings is 1. The first-order chi connectivity index (χ1) is 8.16. The fourth-order valence-corrected chi connectivity index (χ4v) is 2.76. The molecular formula is C12H21NO4. The summed E-state index contributed by atoms with van der Waals surface area (Å²) in [5, 5.41) is 8.55. The van der Waals surface area contributed by atoms with Gasteiger partial charge in [0, 0.05) is 25.7 Å². The second-order valence-corrected chi connectivity index (χ2v) is 4.87. The van der Waals surface area contributed by atoms with Crippen LogP contribution in [-0.4, -0.2) is 60.5 Å². The molecule has 0 bridgehead atoms. The summed E-state index contributed by atoms with van der Waals surface area (Å²) >= 11 is 0. The van der Waals surface area contributed by atoms with Crippen LogP contribution >= 0.6 is 0 Å². The molecule has 2 fully saturated rings. The van der Waals surface area contributed by atoms with Crippen LogP contribution in [0.3, 0.4) is 0 Å². The van der Waals surface area contributed by atoms with Crippen molar-refractivity contribution < 1.29 is 19.4 Å². The van der Waals surface area contributed by atoms with Gasteiger partial charge in [0.05, 0.1) is 12.2 Å². The maximum atomic E-state index is 10.4. The largest absolute Gasteiger partial charge is 0.480 e. The van der Waals surface area contributed by atoms with E-state index in [2.05, 4.69) is 11.8 Å². The lowest BCUT2D eigenvalue weighted by Gasteiger charge is -2.36. The monoisotopic (exact) mass is 243 g/mol. The van der Waals surface area contributed by atoms with Gasteiger partial charge in [-0.15, -0.1) is 0 Å². The van der Waals surface area contributed by atoms with Crippen LogP contribution in [0.25, 0.3) is 0 Å². The lowest BCUT2D eigenvalue weighted by atomic mass is 10.0. The molecule has 0 radical (unpaired) electrons. The molecule has 2 aliphatic rings. The molecule has 0 aromatic heterocycles. The highest BCUT2D eigenvalue weighted by atomic mass is 16.5. The Bertz CT molecular complexity index is 263. The number of carboxylic acid groups (broad SMARTS) is 1. The van der Waals surface area contributed by atoms with Crippen LogP contribution in [0.2, 0.25) is 0 Å². The lowest BCUT2D eigenvalue weighted by Crippen LogP contribution is -2.46. The molecule has 0 aliphatic carbocycles. The van der Waals surface area contributed by atoms with E-state index in [0.717, 1.165) is 39.0 Å². The third-order valence-corrected chi connectivity index (χ3v) is 3.72. The Hall–Kier alpha value is -0.650. The van der Waals surface area contributed by atoms with Gasteiger partial charge in [0.15, 0.2) is 0 Å². The predicted molar refractivity (Wildman–Crippen MR) is 62.0 cm³/mol. The normalized spacial score (nSPS) is 31.8. The summed E-state index contributed by atoms with van der Waals surface area (Å²) in [6, 6.07) is 0.537. The molecule has 2 unspecified atom stereocenters. The Kier molecular flexibility index (Phi) is 4.36. The van der Waals surface area contributed by atoms with Gasteiger partial charge < -0.3 is 14.6 Å². The first-order valence-corrected chi connectivity index (χ1v) is 6.36. The van der Waals surface area contributed by atoms with Crippen molar-refractivity contribution in [2.24, 2.45) is 0 Å². The number of hydrogen-bond acceptors (Lipinski definition) is 4. The van der Waals surface area contributed by atoms with E-state index in [1.54, 1.807) is 0 Å². The first kappa shape index (κ1) is 12.8. The lowest BCUT2D eigenvalue weighted by molar-refractivity contribution is -0.145. The van der Waals surface area contributed by atoms with E-state index >= 15 is 0 Å². The fraction of sp³-hybridized carbons (Fsp3) is 0.917. The fourth-order valence-electron chi connectivity index (χ4n) is 2.76. The summed E-state index contributed by atoms with van der Waals surface area (Å²) in [5.41, 5.74) is 0. The van der Waals surface area contributed by atoms with E-state index in [-0.39, 0.29) is 12.7 Å². The number of ether oxygens (including phenoxy) is 2. The molecule has 0 amide bonds. The number of rotatable bonds is 4. The van der Waals surface area contributed by atoms with Crippen molar-refractivity contribution in [3.63, 3.8) is 0 Å². The first-order valence-electron chi connectivity index (χ1n) is 6.36. The quantitative estimate of drug-likeness (QED) is 0.788. The van der Waals surface area contributed by atoms with E-state index in [1.165, 1.54) is 0 Å². The number of hydrogen-bond donors (Lipinski definition) is 1. The molecule has 17 heavy (non-hydrogen) atoms. The van der Waals surface area contributed by atoms with Gasteiger partial charge in [0.25, 0.3) is 0 Å². The zero-order valence-corrected chi connectivity index (χ0v) is 10.3.